The molecule has 2 bridgehead atoms. The Morgan fingerprint density at radius 2 is 2.10 bits per heavy atom. The van der Waals surface area contributed by atoms with Crippen LogP contribution in [0.25, 0.3) is 0 Å². The van der Waals surface area contributed by atoms with Crippen molar-refractivity contribution in [2.75, 3.05) is 0 Å². The van der Waals surface area contributed by atoms with E-state index in [-0.39, 0.29) is 5.92 Å². The number of rotatable bonds is 1. The average molecular weight is 142 g/mol. The summed E-state index contributed by atoms with van der Waals surface area (Å²) in [4.78, 5) is 10.5. The maximum absolute atomic E-state index is 10.5. The van der Waals surface area contributed by atoms with E-state index in [1.165, 1.54) is 0 Å². The lowest BCUT2D eigenvalue weighted by atomic mass is 9.81. The fourth-order valence-electron chi connectivity index (χ4n) is 2.16. The maximum Gasteiger partial charge on any atom is 0.335 e. The van der Waals surface area contributed by atoms with Crippen LogP contribution in [0.4, 0.5) is 0 Å². The predicted octanol–water partition coefficient (Wildman–Crippen LogP) is 0.232. The van der Waals surface area contributed by atoms with Gasteiger partial charge in [0.25, 0.3) is 0 Å². The van der Waals surface area contributed by atoms with Gasteiger partial charge >= 0.3 is 5.97 Å². The van der Waals surface area contributed by atoms with Crippen molar-refractivity contribution >= 4 is 5.97 Å². The van der Waals surface area contributed by atoms with Gasteiger partial charge in [-0.2, -0.15) is 0 Å². The van der Waals surface area contributed by atoms with Crippen LogP contribution in [0, 0.1) is 11.8 Å². The Kier molecular flexibility index (Phi) is 0.944. The molecule has 56 valence electrons. The second-order valence-electron chi connectivity index (χ2n) is 3.47. The summed E-state index contributed by atoms with van der Waals surface area (Å²) < 4.78 is 0. The van der Waals surface area contributed by atoms with E-state index in [0.717, 1.165) is 12.8 Å². The van der Waals surface area contributed by atoms with Crippen LogP contribution in [0.1, 0.15) is 19.3 Å². The first-order chi connectivity index (χ1) is 4.63. The van der Waals surface area contributed by atoms with Crippen LogP contribution < -0.4 is 0 Å². The van der Waals surface area contributed by atoms with E-state index in [1.807, 2.05) is 0 Å². The molecule has 0 unspecified atom stereocenters. The Bertz CT molecular complexity index is 183. The topological polar surface area (TPSA) is 57.5 Å². The highest BCUT2D eigenvalue weighted by molar-refractivity contribution is 5.78. The number of hydrogen-bond donors (Lipinski definition) is 2. The number of fused-ring (bicyclic) bond motifs is 1. The van der Waals surface area contributed by atoms with E-state index in [1.54, 1.807) is 0 Å². The highest BCUT2D eigenvalue weighted by Crippen LogP contribution is 2.54. The van der Waals surface area contributed by atoms with Gasteiger partial charge in [0.2, 0.25) is 0 Å². The van der Waals surface area contributed by atoms with Gasteiger partial charge < -0.3 is 10.2 Å². The summed E-state index contributed by atoms with van der Waals surface area (Å²) >= 11 is 0. The molecular formula is C7H10O3. The molecule has 0 aromatic heterocycles. The number of carboxylic acids is 1. The largest absolute Gasteiger partial charge is 0.479 e. The van der Waals surface area contributed by atoms with Gasteiger partial charge in [0.05, 0.1) is 0 Å². The zero-order valence-electron chi connectivity index (χ0n) is 5.58. The number of carboxylic acid groups (broad SMARTS) is 1. The second kappa shape index (κ2) is 1.53. The zero-order chi connectivity index (χ0) is 7.35. The molecule has 1 atom stereocenters. The first-order valence-corrected chi connectivity index (χ1v) is 3.58. The molecule has 0 heterocycles. The van der Waals surface area contributed by atoms with Crippen LogP contribution in [0.15, 0.2) is 0 Å². The Morgan fingerprint density at radius 3 is 2.30 bits per heavy atom. The number of aliphatic carboxylic acids is 1. The third-order valence-corrected chi connectivity index (χ3v) is 2.88. The zero-order valence-corrected chi connectivity index (χ0v) is 5.58. The van der Waals surface area contributed by atoms with Crippen molar-refractivity contribution in [2.45, 2.75) is 24.9 Å². The van der Waals surface area contributed by atoms with Crippen molar-refractivity contribution in [3.05, 3.63) is 0 Å². The smallest absolute Gasteiger partial charge is 0.335 e. The molecule has 10 heavy (non-hydrogen) atoms. The summed E-state index contributed by atoms with van der Waals surface area (Å²) in [6.07, 6.45) is 2.32. The summed E-state index contributed by atoms with van der Waals surface area (Å²) in [6, 6.07) is 0. The molecule has 0 aromatic carbocycles. The number of hydrogen-bond acceptors (Lipinski definition) is 2. The lowest BCUT2D eigenvalue weighted by Crippen LogP contribution is -2.40. The molecule has 3 rings (SSSR count). The van der Waals surface area contributed by atoms with Gasteiger partial charge in [-0.25, -0.2) is 4.79 Å². The van der Waals surface area contributed by atoms with Crippen molar-refractivity contribution in [2.24, 2.45) is 11.8 Å². The number of aliphatic hydroxyl groups is 1. The molecule has 0 aliphatic heterocycles. The van der Waals surface area contributed by atoms with E-state index in [0.29, 0.717) is 12.3 Å². The van der Waals surface area contributed by atoms with Gasteiger partial charge in [-0.3, -0.25) is 0 Å². The molecule has 0 saturated heterocycles. The molecule has 3 heteroatoms. The fraction of sp³-hybridized carbons (Fsp3) is 0.857. The highest BCUT2D eigenvalue weighted by Gasteiger charge is 2.58. The quantitative estimate of drug-likeness (QED) is 0.551. The molecular weight excluding hydrogens is 132 g/mol. The monoisotopic (exact) mass is 142 g/mol. The van der Waals surface area contributed by atoms with E-state index in [9.17, 15) is 9.90 Å². The Morgan fingerprint density at radius 1 is 1.50 bits per heavy atom. The van der Waals surface area contributed by atoms with Crippen LogP contribution >= 0.6 is 0 Å². The van der Waals surface area contributed by atoms with E-state index < -0.39 is 11.6 Å². The average Bonchev–Trinajstić information content (AvgIpc) is 2.17. The molecule has 3 aliphatic rings. The summed E-state index contributed by atoms with van der Waals surface area (Å²) in [5.41, 5.74) is -1.36. The van der Waals surface area contributed by atoms with Gasteiger partial charge in [-0.1, -0.05) is 0 Å². The minimum absolute atomic E-state index is 0.0509. The molecule has 0 spiro atoms. The minimum Gasteiger partial charge on any atom is -0.479 e. The summed E-state index contributed by atoms with van der Waals surface area (Å²) in [7, 11) is 0. The van der Waals surface area contributed by atoms with Crippen molar-refractivity contribution in [1.82, 2.24) is 0 Å². The van der Waals surface area contributed by atoms with Crippen molar-refractivity contribution in [3.63, 3.8) is 0 Å². The fourth-order valence-corrected chi connectivity index (χ4v) is 2.16. The van der Waals surface area contributed by atoms with Gasteiger partial charge in [0.15, 0.2) is 5.60 Å². The van der Waals surface area contributed by atoms with E-state index >= 15 is 0 Å². The maximum atomic E-state index is 10.5. The lowest BCUT2D eigenvalue weighted by molar-refractivity contribution is -0.161. The Labute approximate surface area is 58.7 Å². The van der Waals surface area contributed by atoms with Crippen LogP contribution in [0.3, 0.4) is 0 Å². The highest BCUT2D eigenvalue weighted by atomic mass is 16.4. The molecule has 3 aliphatic carbocycles. The molecule has 3 saturated carbocycles. The second-order valence-corrected chi connectivity index (χ2v) is 3.47. The van der Waals surface area contributed by atoms with Crippen LogP contribution in [0.5, 0.6) is 0 Å². The minimum atomic E-state index is -1.36. The third kappa shape index (κ3) is 0.515. The first kappa shape index (κ1) is 6.16. The van der Waals surface area contributed by atoms with Gasteiger partial charge in [-0.15, -0.1) is 0 Å². The molecule has 2 N–H and O–H groups in total. The van der Waals surface area contributed by atoms with Crippen LogP contribution in [-0.2, 0) is 4.79 Å². The van der Waals surface area contributed by atoms with Crippen molar-refractivity contribution in [3.8, 4) is 0 Å². The molecule has 0 radical (unpaired) electrons. The molecule has 3 nitrogen and oxygen atoms in total. The van der Waals surface area contributed by atoms with E-state index in [2.05, 4.69) is 0 Å². The van der Waals surface area contributed by atoms with Gasteiger partial charge in [-0.05, 0) is 31.1 Å². The SMILES string of the molecule is O=C(O)[C@]1(O)CC2CC1C2. The Balaban J connectivity index is 2.23. The molecule has 3 fully saturated rings. The van der Waals surface area contributed by atoms with Gasteiger partial charge in [0.1, 0.15) is 0 Å². The van der Waals surface area contributed by atoms with E-state index in [4.69, 9.17) is 5.11 Å². The van der Waals surface area contributed by atoms with Crippen molar-refractivity contribution in [1.29, 1.82) is 0 Å². The summed E-state index contributed by atoms with van der Waals surface area (Å²) in [6.45, 7) is 0. The van der Waals surface area contributed by atoms with Crippen LogP contribution in [-0.4, -0.2) is 21.8 Å². The summed E-state index contributed by atoms with van der Waals surface area (Å²) in [5, 5.41) is 18.1. The standard InChI is InChI=1S/C7H10O3/c8-6(9)7(10)3-4-1-5(7)2-4/h4-5,10H,1-3H2,(H,8,9)/t4?,5?,7-/m0/s1. The predicted molar refractivity (Wildman–Crippen MR) is 33.4 cm³/mol. The summed E-state index contributed by atoms with van der Waals surface area (Å²) in [5.74, 6) is -0.487. The van der Waals surface area contributed by atoms with Crippen molar-refractivity contribution < 1.29 is 15.0 Å². The normalized spacial score (nSPS) is 50.5. The molecule has 0 aromatic rings. The first-order valence-electron chi connectivity index (χ1n) is 3.58. The molecule has 0 amide bonds. The van der Waals surface area contributed by atoms with Crippen LogP contribution in [0.2, 0.25) is 0 Å². The van der Waals surface area contributed by atoms with Gasteiger partial charge in [0, 0.05) is 0 Å². The lowest BCUT2D eigenvalue weighted by Gasteiger charge is -2.26. The number of carbonyl (C=O) groups is 1. The third-order valence-electron chi connectivity index (χ3n) is 2.88. The Hall–Kier alpha value is -0.570.